The number of aromatic nitrogens is 3. The van der Waals surface area contributed by atoms with E-state index < -0.39 is 5.82 Å². The molecule has 4 aromatic rings. The number of esters is 1. The maximum Gasteiger partial charge on any atom is 0.333 e. The van der Waals surface area contributed by atoms with Crippen molar-refractivity contribution >= 4 is 44.8 Å². The van der Waals surface area contributed by atoms with Crippen LogP contribution in [0.5, 0.6) is 6.01 Å². The van der Waals surface area contributed by atoms with Gasteiger partial charge in [0.05, 0.1) is 35.4 Å². The van der Waals surface area contributed by atoms with E-state index in [1.54, 1.807) is 6.07 Å². The topological polar surface area (TPSA) is 94.5 Å². The summed E-state index contributed by atoms with van der Waals surface area (Å²) < 4.78 is 28.3. The summed E-state index contributed by atoms with van der Waals surface area (Å²) in [6.07, 6.45) is 23.1. The summed E-state index contributed by atoms with van der Waals surface area (Å²) in [5, 5.41) is 2.26. The largest absolute Gasteiger partial charge is 0.463 e. The van der Waals surface area contributed by atoms with Crippen molar-refractivity contribution in [3.63, 3.8) is 0 Å². The van der Waals surface area contributed by atoms with Crippen molar-refractivity contribution in [1.82, 2.24) is 15.0 Å². The number of benzene rings is 2. The Kier molecular flexibility index (Phi) is 14.3. The zero-order valence-corrected chi connectivity index (χ0v) is 41.4. The van der Waals surface area contributed by atoms with E-state index in [1.807, 2.05) is 31.3 Å². The fraction of sp³-hybridized carbons (Fsp3) is 0.517. The van der Waals surface area contributed by atoms with E-state index in [4.69, 9.17) is 30.8 Å². The predicted molar refractivity (Wildman–Crippen MR) is 276 cm³/mol. The van der Waals surface area contributed by atoms with Crippen LogP contribution in [-0.2, 0) is 14.3 Å². The molecule has 69 heavy (non-hydrogen) atoms. The number of anilines is 1. The Bertz CT molecular complexity index is 2730. The smallest absolute Gasteiger partial charge is 0.333 e. The Morgan fingerprint density at radius 3 is 2.45 bits per heavy atom. The number of rotatable bonds is 12. The van der Waals surface area contributed by atoms with Gasteiger partial charge in [0.25, 0.3) is 0 Å². The molecule has 1 aliphatic heterocycles. The fourth-order valence-corrected chi connectivity index (χ4v) is 13.0. The van der Waals surface area contributed by atoms with Crippen LogP contribution < -0.4 is 9.64 Å². The second-order valence-corrected chi connectivity index (χ2v) is 22.0. The Balaban J connectivity index is 0.940. The van der Waals surface area contributed by atoms with Crippen LogP contribution in [0.4, 0.5) is 10.2 Å². The molecular weight excluding hydrogens is 860 g/mol. The van der Waals surface area contributed by atoms with Crippen LogP contribution in [-0.4, -0.2) is 53.0 Å². The summed E-state index contributed by atoms with van der Waals surface area (Å²) in [6.45, 7) is 26.6. The highest BCUT2D eigenvalue weighted by molar-refractivity contribution is 6.06. The Labute approximate surface area is 409 Å². The first-order valence-corrected chi connectivity index (χ1v) is 25.9. The molecule has 3 heterocycles. The molecule has 7 unspecified atom stereocenters. The van der Waals surface area contributed by atoms with Gasteiger partial charge in [-0.3, -0.25) is 9.78 Å². The van der Waals surface area contributed by atoms with Crippen molar-refractivity contribution in [1.29, 1.82) is 0 Å². The van der Waals surface area contributed by atoms with Gasteiger partial charge in [0.1, 0.15) is 17.4 Å². The molecule has 4 aliphatic carbocycles. The molecule has 0 bridgehead atoms. The lowest BCUT2D eigenvalue weighted by Gasteiger charge is -2.42. The van der Waals surface area contributed by atoms with E-state index in [9.17, 15) is 9.59 Å². The molecule has 7 atom stereocenters. The molecule has 0 radical (unpaired) electrons. The minimum Gasteiger partial charge on any atom is -0.463 e. The van der Waals surface area contributed by atoms with Gasteiger partial charge in [-0.2, -0.15) is 9.97 Å². The number of hydrogen-bond acceptors (Lipinski definition) is 8. The van der Waals surface area contributed by atoms with E-state index in [2.05, 4.69) is 51.0 Å². The molecule has 2 aromatic carbocycles. The van der Waals surface area contributed by atoms with Gasteiger partial charge >= 0.3 is 12.0 Å². The predicted octanol–water partition coefficient (Wildman–Crippen LogP) is 13.6. The normalized spacial score (nSPS) is 26.7. The number of carbonyl (C=O) groups is 2. The molecule has 1 saturated heterocycles. The molecule has 4 saturated carbocycles. The SMILES string of the molecule is C#Cc1c(F)ccc2cccc(-c3ncc4c(N5CC(C)CCC(C)C5)nc(OCC56CCC(COC(=O)C(=C)C7CCC(=C)C(C(=O)C8CCCCC8)CC7)CC5CC(=C)C6)nc4c3C(=C)C)c12. The molecule has 9 heteroatoms. The van der Waals surface area contributed by atoms with Gasteiger partial charge < -0.3 is 14.4 Å². The molecular formula is C60H71FN4O4. The average Bonchev–Trinajstić information content (AvgIpc) is 3.42. The molecule has 0 N–H and O–H groups in total. The standard InChI is InChI=1S/C60H71FN4O4/c1-9-47-51(61)25-23-44-16-13-17-49(53(44)47)54-52(36(2)3)55-50(31-62-54)57(65-32-37(4)18-19-38(5)33-65)64-59(63-55)69-35-60-27-26-42(29-46(60)28-39(6)30-60)34-68-58(67)41(8)43-21-20-40(7)48(24-22-43)56(66)45-14-11-10-12-15-45/h1,13,16-17,23,25,31,37-38,42-43,45-46,48H,2,6-8,10-12,14-15,18-22,24,26-30,32-35H2,3-5H3. The van der Waals surface area contributed by atoms with Crippen LogP contribution in [0.25, 0.3) is 38.5 Å². The van der Waals surface area contributed by atoms with Crippen molar-refractivity contribution in [2.24, 2.45) is 46.8 Å². The molecule has 0 amide bonds. The number of pyridine rings is 1. The zero-order valence-electron chi connectivity index (χ0n) is 41.4. The number of carbonyl (C=O) groups excluding carboxylic acids is 2. The molecule has 2 aromatic heterocycles. The van der Waals surface area contributed by atoms with E-state index >= 15 is 4.39 Å². The fourth-order valence-electron chi connectivity index (χ4n) is 13.0. The summed E-state index contributed by atoms with van der Waals surface area (Å²) in [4.78, 5) is 45.1. The van der Waals surface area contributed by atoms with Crippen molar-refractivity contribution in [2.75, 3.05) is 31.2 Å². The van der Waals surface area contributed by atoms with E-state index in [0.29, 0.717) is 70.5 Å². The number of allylic oxidation sites excluding steroid dienone is 3. The van der Waals surface area contributed by atoms with Gasteiger partial charge in [0.15, 0.2) is 0 Å². The monoisotopic (exact) mass is 931 g/mol. The van der Waals surface area contributed by atoms with Gasteiger partial charge in [0.2, 0.25) is 0 Å². The second-order valence-electron chi connectivity index (χ2n) is 22.0. The van der Waals surface area contributed by atoms with E-state index in [1.165, 1.54) is 18.1 Å². The third-order valence-corrected chi connectivity index (χ3v) is 16.9. The highest BCUT2D eigenvalue weighted by atomic mass is 19.1. The number of fused-ring (bicyclic) bond motifs is 3. The third-order valence-electron chi connectivity index (χ3n) is 16.9. The molecule has 362 valence electrons. The number of halogens is 1. The first-order chi connectivity index (χ1) is 33.2. The van der Waals surface area contributed by atoms with Crippen molar-refractivity contribution in [3.8, 4) is 29.6 Å². The average molecular weight is 931 g/mol. The summed E-state index contributed by atoms with van der Waals surface area (Å²) >= 11 is 0. The summed E-state index contributed by atoms with van der Waals surface area (Å²) in [5.41, 5.74) is 6.34. The molecule has 5 aliphatic rings. The van der Waals surface area contributed by atoms with E-state index in [0.717, 1.165) is 143 Å². The minimum absolute atomic E-state index is 0.00449. The van der Waals surface area contributed by atoms with Crippen molar-refractivity contribution in [3.05, 3.63) is 96.5 Å². The third kappa shape index (κ3) is 9.92. The van der Waals surface area contributed by atoms with Crippen LogP contribution in [0.2, 0.25) is 0 Å². The van der Waals surface area contributed by atoms with Gasteiger partial charge in [-0.05, 0) is 137 Å². The molecule has 0 spiro atoms. The quantitative estimate of drug-likeness (QED) is 0.0456. The van der Waals surface area contributed by atoms with Crippen LogP contribution in [0.15, 0.2) is 79.6 Å². The lowest BCUT2D eigenvalue weighted by molar-refractivity contribution is -0.142. The highest BCUT2D eigenvalue weighted by Crippen LogP contribution is 2.56. The number of terminal acetylenes is 1. The highest BCUT2D eigenvalue weighted by Gasteiger charge is 2.49. The van der Waals surface area contributed by atoms with Gasteiger partial charge in [-0.15, -0.1) is 6.42 Å². The summed E-state index contributed by atoms with van der Waals surface area (Å²) in [5.74, 6) is 4.51. The summed E-state index contributed by atoms with van der Waals surface area (Å²) in [7, 11) is 0. The zero-order chi connectivity index (χ0) is 48.6. The van der Waals surface area contributed by atoms with E-state index in [-0.39, 0.29) is 40.6 Å². The number of nitrogens with zero attached hydrogens (tertiary/aromatic N) is 4. The van der Waals surface area contributed by atoms with Crippen molar-refractivity contribution in [2.45, 2.75) is 124 Å². The van der Waals surface area contributed by atoms with Crippen LogP contribution in [0, 0.1) is 65.0 Å². The molecule has 9 rings (SSSR count). The lowest BCUT2D eigenvalue weighted by atomic mass is 9.65. The number of Topliss-reactive ketones (excluding diaryl/α,β-unsaturated/α-hetero) is 1. The minimum atomic E-state index is -0.455. The Hall–Kier alpha value is -5.62. The number of ether oxygens (including phenoxy) is 2. The van der Waals surface area contributed by atoms with Crippen LogP contribution in [0.3, 0.4) is 0 Å². The van der Waals surface area contributed by atoms with Crippen LogP contribution >= 0.6 is 0 Å². The summed E-state index contributed by atoms with van der Waals surface area (Å²) in [6, 6.07) is 9.29. The number of ketones is 1. The van der Waals surface area contributed by atoms with Crippen molar-refractivity contribution < 1.29 is 23.5 Å². The maximum atomic E-state index is 15.3. The first-order valence-electron chi connectivity index (χ1n) is 25.9. The molecule has 5 fully saturated rings. The molecule has 8 nitrogen and oxygen atoms in total. The van der Waals surface area contributed by atoms with Gasteiger partial charge in [-0.1, -0.05) is 101 Å². The van der Waals surface area contributed by atoms with Gasteiger partial charge in [0, 0.05) is 58.6 Å². The Morgan fingerprint density at radius 2 is 1.71 bits per heavy atom. The Morgan fingerprint density at radius 1 is 0.942 bits per heavy atom. The maximum absolute atomic E-state index is 15.3. The van der Waals surface area contributed by atoms with Crippen LogP contribution in [0.1, 0.15) is 135 Å². The second kappa shape index (κ2) is 20.4. The van der Waals surface area contributed by atoms with Gasteiger partial charge in [-0.25, -0.2) is 9.18 Å². The number of hydrogen-bond donors (Lipinski definition) is 0. The lowest BCUT2D eigenvalue weighted by Crippen LogP contribution is -2.39. The first kappa shape index (κ1) is 48.4.